The van der Waals surface area contributed by atoms with Crippen molar-refractivity contribution in [3.8, 4) is 0 Å². The largest absolute Gasteiger partial charge is 0.338 e. The molecule has 0 spiro atoms. The normalized spacial score (nSPS) is 20.3. The van der Waals surface area contributed by atoms with Gasteiger partial charge in [0.25, 0.3) is 5.91 Å². The number of halogens is 2. The highest BCUT2D eigenvalue weighted by molar-refractivity contribution is 6.42. The van der Waals surface area contributed by atoms with Gasteiger partial charge in [-0.25, -0.2) is 0 Å². The predicted octanol–water partition coefficient (Wildman–Crippen LogP) is 8.20. The first-order valence-electron chi connectivity index (χ1n) is 16.1. The maximum absolute atomic E-state index is 13.5. The van der Waals surface area contributed by atoms with E-state index in [-0.39, 0.29) is 22.8 Å². The summed E-state index contributed by atoms with van der Waals surface area (Å²) in [7, 11) is 1.99. The van der Waals surface area contributed by atoms with Gasteiger partial charge in [-0.2, -0.15) is 0 Å². The summed E-state index contributed by atoms with van der Waals surface area (Å²) in [6.45, 7) is 6.35. The number of benzene rings is 3. The van der Waals surface area contributed by atoms with Crippen LogP contribution in [0.25, 0.3) is 0 Å². The molecule has 5 rings (SSSR count). The minimum absolute atomic E-state index is 0.0877. The van der Waals surface area contributed by atoms with Gasteiger partial charge in [0, 0.05) is 50.6 Å². The third-order valence-corrected chi connectivity index (χ3v) is 10.8. The maximum Gasteiger partial charge on any atom is 0.253 e. The zero-order valence-corrected chi connectivity index (χ0v) is 27.6. The molecule has 234 valence electrons. The van der Waals surface area contributed by atoms with E-state index in [1.807, 2.05) is 65.4 Å². The van der Waals surface area contributed by atoms with E-state index < -0.39 is 0 Å². The van der Waals surface area contributed by atoms with Crippen molar-refractivity contribution in [3.05, 3.63) is 106 Å². The monoisotopic (exact) mass is 633 g/mol. The summed E-state index contributed by atoms with van der Waals surface area (Å²) < 4.78 is 0. The molecule has 1 unspecified atom stereocenters. The Hall–Kier alpha value is -2.86. The third-order valence-electron chi connectivity index (χ3n) is 10.0. The van der Waals surface area contributed by atoms with Crippen LogP contribution < -0.4 is 0 Å². The number of likely N-dealkylation sites (tertiary alicyclic amines) is 2. The van der Waals surface area contributed by atoms with E-state index in [2.05, 4.69) is 42.2 Å². The second-order valence-corrected chi connectivity index (χ2v) is 13.5. The molecule has 0 saturated carbocycles. The first kappa shape index (κ1) is 32.5. The molecule has 2 aliphatic rings. The van der Waals surface area contributed by atoms with Gasteiger partial charge >= 0.3 is 0 Å². The first-order valence-corrected chi connectivity index (χ1v) is 16.9. The van der Waals surface area contributed by atoms with Crippen LogP contribution >= 0.6 is 23.2 Å². The zero-order valence-electron chi connectivity index (χ0n) is 26.1. The van der Waals surface area contributed by atoms with E-state index >= 15 is 0 Å². The van der Waals surface area contributed by atoms with E-state index in [0.717, 1.165) is 82.3 Å². The average Bonchev–Trinajstić information content (AvgIpc) is 3.06. The first-order chi connectivity index (χ1) is 21.3. The molecule has 2 saturated heterocycles. The third kappa shape index (κ3) is 7.01. The van der Waals surface area contributed by atoms with Crippen molar-refractivity contribution in [3.63, 3.8) is 0 Å². The number of hydrogen-bond donors (Lipinski definition) is 0. The van der Waals surface area contributed by atoms with Crippen LogP contribution in [0.3, 0.4) is 0 Å². The molecule has 0 bridgehead atoms. The van der Waals surface area contributed by atoms with Gasteiger partial charge in [-0.15, -0.1) is 0 Å². The molecule has 2 heterocycles. The molecule has 2 fully saturated rings. The molecule has 0 radical (unpaired) electrons. The SMILES string of the molecule is CCCC(=O)N(C)C1(c2ccccc2)CCN(CCCC2(c3ccc(Cl)c(Cl)c3)CCCN(C(=O)c3ccccc3)C2)CC1. The minimum Gasteiger partial charge on any atom is -0.338 e. The Morgan fingerprint density at radius 1 is 0.841 bits per heavy atom. The quantitative estimate of drug-likeness (QED) is 0.226. The number of rotatable bonds is 10. The van der Waals surface area contributed by atoms with Crippen molar-refractivity contribution in [2.75, 3.05) is 39.8 Å². The lowest BCUT2D eigenvalue weighted by Crippen LogP contribution is -2.54. The van der Waals surface area contributed by atoms with Gasteiger partial charge < -0.3 is 14.7 Å². The fourth-order valence-corrected chi connectivity index (χ4v) is 7.75. The summed E-state index contributed by atoms with van der Waals surface area (Å²) in [6.07, 6.45) is 7.19. The summed E-state index contributed by atoms with van der Waals surface area (Å²) in [5, 5.41) is 1.11. The second kappa shape index (κ2) is 14.5. The Bertz CT molecular complexity index is 1410. The number of carbonyl (C=O) groups is 2. The molecule has 0 aromatic heterocycles. The number of carbonyl (C=O) groups excluding carboxylic acids is 2. The smallest absolute Gasteiger partial charge is 0.253 e. The molecule has 3 aromatic rings. The molecule has 0 N–H and O–H groups in total. The summed E-state index contributed by atoms with van der Waals surface area (Å²) in [6, 6.07) is 26.2. The molecular weight excluding hydrogens is 589 g/mol. The number of amides is 2. The summed E-state index contributed by atoms with van der Waals surface area (Å²) in [5.74, 6) is 0.310. The lowest BCUT2D eigenvalue weighted by molar-refractivity contribution is -0.138. The Morgan fingerprint density at radius 2 is 1.52 bits per heavy atom. The van der Waals surface area contributed by atoms with Crippen LogP contribution in [0.5, 0.6) is 0 Å². The van der Waals surface area contributed by atoms with Gasteiger partial charge in [-0.1, -0.05) is 84.7 Å². The van der Waals surface area contributed by atoms with Crippen LogP contribution in [0.4, 0.5) is 0 Å². The summed E-state index contributed by atoms with van der Waals surface area (Å²) in [4.78, 5) is 33.2. The maximum atomic E-state index is 13.5. The zero-order chi connectivity index (χ0) is 31.2. The van der Waals surface area contributed by atoms with Crippen molar-refractivity contribution >= 4 is 35.0 Å². The molecule has 0 aliphatic carbocycles. The van der Waals surface area contributed by atoms with Gasteiger partial charge in [0.05, 0.1) is 15.6 Å². The fraction of sp³-hybridized carbons (Fsp3) is 0.459. The molecular formula is C37H45Cl2N3O2. The lowest BCUT2D eigenvalue weighted by Gasteiger charge is -2.48. The molecule has 2 amide bonds. The van der Waals surface area contributed by atoms with Gasteiger partial charge in [0.1, 0.15) is 0 Å². The number of nitrogens with zero attached hydrogens (tertiary/aromatic N) is 3. The van der Waals surface area contributed by atoms with Gasteiger partial charge in [0.15, 0.2) is 0 Å². The van der Waals surface area contributed by atoms with E-state index in [4.69, 9.17) is 23.2 Å². The van der Waals surface area contributed by atoms with E-state index in [1.165, 1.54) is 5.56 Å². The highest BCUT2D eigenvalue weighted by atomic mass is 35.5. The molecule has 5 nitrogen and oxygen atoms in total. The Labute approximate surface area is 273 Å². The van der Waals surface area contributed by atoms with E-state index in [9.17, 15) is 9.59 Å². The van der Waals surface area contributed by atoms with E-state index in [1.54, 1.807) is 0 Å². The number of piperidine rings is 2. The predicted molar refractivity (Wildman–Crippen MR) is 180 cm³/mol. The topological polar surface area (TPSA) is 43.9 Å². The Kier molecular flexibility index (Phi) is 10.7. The van der Waals surface area contributed by atoms with Crippen molar-refractivity contribution in [2.45, 2.75) is 69.2 Å². The molecule has 3 aromatic carbocycles. The standard InChI is InChI=1S/C37H45Cl2N3O2/c1-3-12-34(43)40(2)37(30-15-8-5-9-16-30)21-25-41(26-22-37)23-10-19-36(31-17-18-32(38)33(39)27-31)20-11-24-42(28-36)35(44)29-13-6-4-7-14-29/h4-9,13-18,27H,3,10-12,19-26,28H2,1-2H3. The lowest BCUT2D eigenvalue weighted by atomic mass is 9.70. The van der Waals surface area contributed by atoms with Gasteiger partial charge in [0.2, 0.25) is 5.91 Å². The average molecular weight is 635 g/mol. The van der Waals surface area contributed by atoms with Crippen LogP contribution in [0.1, 0.15) is 79.8 Å². The van der Waals surface area contributed by atoms with Crippen LogP contribution in [0.2, 0.25) is 10.0 Å². The molecule has 7 heteroatoms. The van der Waals surface area contributed by atoms with Crippen LogP contribution in [0.15, 0.2) is 78.9 Å². The Morgan fingerprint density at radius 3 is 2.18 bits per heavy atom. The second-order valence-electron chi connectivity index (χ2n) is 12.7. The molecule has 2 aliphatic heterocycles. The molecule has 44 heavy (non-hydrogen) atoms. The van der Waals surface area contributed by atoms with Gasteiger partial charge in [-0.05, 0) is 86.9 Å². The van der Waals surface area contributed by atoms with Crippen molar-refractivity contribution < 1.29 is 9.59 Å². The van der Waals surface area contributed by atoms with Crippen LogP contribution in [-0.2, 0) is 15.7 Å². The highest BCUT2D eigenvalue weighted by Gasteiger charge is 2.42. The van der Waals surface area contributed by atoms with E-state index in [0.29, 0.717) is 23.0 Å². The van der Waals surface area contributed by atoms with Crippen molar-refractivity contribution in [1.29, 1.82) is 0 Å². The van der Waals surface area contributed by atoms with Crippen molar-refractivity contribution in [1.82, 2.24) is 14.7 Å². The summed E-state index contributed by atoms with van der Waals surface area (Å²) in [5.41, 5.74) is 2.67. The van der Waals surface area contributed by atoms with Crippen LogP contribution in [-0.4, -0.2) is 66.3 Å². The minimum atomic E-state index is -0.271. The summed E-state index contributed by atoms with van der Waals surface area (Å²) >= 11 is 12.9. The van der Waals surface area contributed by atoms with Crippen molar-refractivity contribution in [2.24, 2.45) is 0 Å². The van der Waals surface area contributed by atoms with Crippen LogP contribution in [0, 0.1) is 0 Å². The number of hydrogen-bond acceptors (Lipinski definition) is 3. The Balaban J connectivity index is 1.30. The highest BCUT2D eigenvalue weighted by Crippen LogP contribution is 2.42. The molecule has 1 atom stereocenters. The van der Waals surface area contributed by atoms with Gasteiger partial charge in [-0.3, -0.25) is 9.59 Å². The fourth-order valence-electron chi connectivity index (χ4n) is 7.45.